The van der Waals surface area contributed by atoms with Gasteiger partial charge >= 0.3 is 12.1 Å². The van der Waals surface area contributed by atoms with E-state index >= 15 is 0 Å². The molecule has 1 aliphatic rings. The van der Waals surface area contributed by atoms with Crippen molar-refractivity contribution >= 4 is 21.9 Å². The second-order valence-corrected chi connectivity index (χ2v) is 11.1. The predicted molar refractivity (Wildman–Crippen MR) is 126 cm³/mol. The van der Waals surface area contributed by atoms with E-state index in [1.54, 1.807) is 17.0 Å². The molecule has 0 saturated carbocycles. The molecule has 1 aromatic rings. The van der Waals surface area contributed by atoms with Crippen LogP contribution in [0.1, 0.15) is 39.7 Å². The van der Waals surface area contributed by atoms with Gasteiger partial charge in [0.25, 0.3) is 0 Å². The van der Waals surface area contributed by atoms with E-state index in [0.717, 1.165) is 31.5 Å². The van der Waals surface area contributed by atoms with Crippen LogP contribution in [0.5, 0.6) is 0 Å². The van der Waals surface area contributed by atoms with Gasteiger partial charge in [-0.05, 0) is 42.4 Å². The number of halogens is 3. The molecule has 0 atom stereocenters. The molecular weight excluding hydrogens is 487 g/mol. The van der Waals surface area contributed by atoms with Crippen LogP contribution < -0.4 is 5.32 Å². The lowest BCUT2D eigenvalue weighted by Crippen LogP contribution is -2.50. The van der Waals surface area contributed by atoms with Crippen molar-refractivity contribution in [2.24, 2.45) is 11.8 Å². The van der Waals surface area contributed by atoms with Crippen molar-refractivity contribution in [3.05, 3.63) is 29.8 Å². The van der Waals surface area contributed by atoms with E-state index in [0.29, 0.717) is 31.5 Å². The van der Waals surface area contributed by atoms with Gasteiger partial charge in [-0.3, -0.25) is 4.79 Å². The summed E-state index contributed by atoms with van der Waals surface area (Å²) in [5, 5.41) is 10.3. The predicted octanol–water partition coefficient (Wildman–Crippen LogP) is 2.99. The maximum absolute atomic E-state index is 13.2. The van der Waals surface area contributed by atoms with Gasteiger partial charge in [-0.15, -0.1) is 0 Å². The first-order chi connectivity index (χ1) is 16.1. The number of piperazine rings is 1. The molecule has 0 unspecified atom stereocenters. The third-order valence-electron chi connectivity index (χ3n) is 5.18. The summed E-state index contributed by atoms with van der Waals surface area (Å²) in [6, 6.07) is 7.10. The van der Waals surface area contributed by atoms with E-state index < -0.39 is 22.2 Å². The molecule has 0 bridgehead atoms. The zero-order valence-corrected chi connectivity index (χ0v) is 21.5. The molecule has 2 N–H and O–H groups in total. The van der Waals surface area contributed by atoms with Gasteiger partial charge in [-0.1, -0.05) is 39.8 Å². The number of nitrogens with one attached hydrogen (secondary N) is 1. The first-order valence-electron chi connectivity index (χ1n) is 11.5. The van der Waals surface area contributed by atoms with Gasteiger partial charge in [-0.25, -0.2) is 13.2 Å². The molecule has 1 fully saturated rings. The van der Waals surface area contributed by atoms with Gasteiger partial charge < -0.3 is 15.3 Å². The third kappa shape index (κ3) is 11.0. The molecule has 0 aliphatic carbocycles. The van der Waals surface area contributed by atoms with E-state index in [-0.39, 0.29) is 17.3 Å². The van der Waals surface area contributed by atoms with Gasteiger partial charge in [0, 0.05) is 32.7 Å². The largest absolute Gasteiger partial charge is 0.490 e. The molecule has 0 aromatic heterocycles. The van der Waals surface area contributed by atoms with Crippen molar-refractivity contribution in [3.63, 3.8) is 0 Å². The Balaban J connectivity index is 0.000000762. The minimum atomic E-state index is -5.08. The number of amides is 1. The number of nitrogens with zero attached hydrogens (tertiary/aromatic N) is 2. The number of alkyl halides is 3. The Hall–Kier alpha value is -2.18. The van der Waals surface area contributed by atoms with Gasteiger partial charge in [0.2, 0.25) is 15.9 Å². The lowest BCUT2D eigenvalue weighted by atomic mass is 10.0. The standard InChI is InChI=1S/C21H35N3O3S.C2HF3O2/c1-17(2)9-12-24(16-21(25)23-13-10-22-11-14-23)28(26,27)20-7-5-19(6-8-20)15-18(3)4;3-2(4,5)1(6)7/h5-8,17-18,22H,9-16H2,1-4H3;(H,6,7). The quantitative estimate of drug-likeness (QED) is 0.516. The summed E-state index contributed by atoms with van der Waals surface area (Å²) in [4.78, 5) is 23.6. The fraction of sp³-hybridized carbons (Fsp3) is 0.652. The number of hydrogen-bond donors (Lipinski definition) is 2. The molecule has 12 heteroatoms. The van der Waals surface area contributed by atoms with Crippen LogP contribution in [-0.4, -0.2) is 80.1 Å². The third-order valence-corrected chi connectivity index (χ3v) is 7.04. The molecule has 1 aromatic carbocycles. The van der Waals surface area contributed by atoms with E-state index in [1.807, 2.05) is 12.1 Å². The molecule has 1 amide bonds. The van der Waals surface area contributed by atoms with Gasteiger partial charge in [0.1, 0.15) is 0 Å². The fourth-order valence-electron chi connectivity index (χ4n) is 3.27. The van der Waals surface area contributed by atoms with Crippen LogP contribution in [0.15, 0.2) is 29.2 Å². The molecular formula is C23H36F3N3O5S. The highest BCUT2D eigenvalue weighted by Gasteiger charge is 2.38. The van der Waals surface area contributed by atoms with Crippen molar-refractivity contribution in [2.45, 2.75) is 51.6 Å². The highest BCUT2D eigenvalue weighted by Crippen LogP contribution is 2.19. The number of carbonyl (C=O) groups is 2. The average molecular weight is 524 g/mol. The molecule has 0 spiro atoms. The van der Waals surface area contributed by atoms with Crippen molar-refractivity contribution in [1.82, 2.24) is 14.5 Å². The van der Waals surface area contributed by atoms with Crippen molar-refractivity contribution < 1.29 is 36.3 Å². The van der Waals surface area contributed by atoms with E-state index in [4.69, 9.17) is 9.90 Å². The summed E-state index contributed by atoms with van der Waals surface area (Å²) in [6.45, 7) is 11.4. The average Bonchev–Trinajstić information content (AvgIpc) is 2.76. The zero-order valence-electron chi connectivity index (χ0n) is 20.6. The summed E-state index contributed by atoms with van der Waals surface area (Å²) in [5.74, 6) is -2.00. The maximum Gasteiger partial charge on any atom is 0.490 e. The molecule has 35 heavy (non-hydrogen) atoms. The summed E-state index contributed by atoms with van der Waals surface area (Å²) >= 11 is 0. The number of rotatable bonds is 9. The summed E-state index contributed by atoms with van der Waals surface area (Å²) < 4.78 is 59.6. The van der Waals surface area contributed by atoms with Crippen LogP contribution in [-0.2, 0) is 26.0 Å². The Kier molecular flexibility index (Phi) is 12.2. The molecule has 1 aliphatic heterocycles. The summed E-state index contributed by atoms with van der Waals surface area (Å²) in [5.41, 5.74) is 1.12. The number of benzene rings is 1. The van der Waals surface area contributed by atoms with Crippen LogP contribution in [0.2, 0.25) is 0 Å². The topological polar surface area (TPSA) is 107 Å². The lowest BCUT2D eigenvalue weighted by Gasteiger charge is -2.30. The van der Waals surface area contributed by atoms with Gasteiger partial charge in [0.05, 0.1) is 11.4 Å². The SMILES string of the molecule is CC(C)CCN(CC(=O)N1CCNCC1)S(=O)(=O)c1ccc(CC(C)C)cc1.O=C(O)C(F)(F)F. The summed E-state index contributed by atoms with van der Waals surface area (Å²) in [7, 11) is -3.71. The zero-order chi connectivity index (χ0) is 26.8. The van der Waals surface area contributed by atoms with Gasteiger partial charge in [0.15, 0.2) is 0 Å². The molecule has 1 heterocycles. The minimum Gasteiger partial charge on any atom is -0.475 e. The normalized spacial score (nSPS) is 14.7. The Morgan fingerprint density at radius 3 is 2.00 bits per heavy atom. The molecule has 0 radical (unpaired) electrons. The number of carboxylic acid groups (broad SMARTS) is 1. The van der Waals surface area contributed by atoms with Crippen LogP contribution in [0, 0.1) is 11.8 Å². The van der Waals surface area contributed by atoms with E-state index in [1.165, 1.54) is 4.31 Å². The van der Waals surface area contributed by atoms with Crippen molar-refractivity contribution in [3.8, 4) is 0 Å². The van der Waals surface area contributed by atoms with Gasteiger partial charge in [-0.2, -0.15) is 17.5 Å². The lowest BCUT2D eigenvalue weighted by molar-refractivity contribution is -0.192. The highest BCUT2D eigenvalue weighted by atomic mass is 32.2. The minimum absolute atomic E-state index is 0.0944. The molecule has 200 valence electrons. The van der Waals surface area contributed by atoms with Crippen LogP contribution >= 0.6 is 0 Å². The number of hydrogen-bond acceptors (Lipinski definition) is 5. The van der Waals surface area contributed by atoms with E-state index in [2.05, 4.69) is 33.0 Å². The fourth-order valence-corrected chi connectivity index (χ4v) is 4.67. The van der Waals surface area contributed by atoms with Crippen LogP contribution in [0.3, 0.4) is 0 Å². The van der Waals surface area contributed by atoms with E-state index in [9.17, 15) is 26.4 Å². The number of carbonyl (C=O) groups excluding carboxylic acids is 1. The van der Waals surface area contributed by atoms with Crippen molar-refractivity contribution in [1.29, 1.82) is 0 Å². The smallest absolute Gasteiger partial charge is 0.475 e. The summed E-state index contributed by atoms with van der Waals surface area (Å²) in [6.07, 6.45) is -3.45. The second kappa shape index (κ2) is 13.8. The van der Waals surface area contributed by atoms with Crippen LogP contribution in [0.4, 0.5) is 13.2 Å². The Morgan fingerprint density at radius 1 is 1.06 bits per heavy atom. The highest BCUT2D eigenvalue weighted by molar-refractivity contribution is 7.89. The number of aliphatic carboxylic acids is 1. The molecule has 8 nitrogen and oxygen atoms in total. The monoisotopic (exact) mass is 523 g/mol. The first-order valence-corrected chi connectivity index (χ1v) is 13.0. The van der Waals surface area contributed by atoms with Crippen LogP contribution in [0.25, 0.3) is 0 Å². The molecule has 2 rings (SSSR count). The molecule has 1 saturated heterocycles. The Labute approximate surface area is 205 Å². The number of sulfonamides is 1. The van der Waals surface area contributed by atoms with Crippen molar-refractivity contribution in [2.75, 3.05) is 39.3 Å². The first kappa shape index (κ1) is 30.9. The second-order valence-electron chi connectivity index (χ2n) is 9.20. The Bertz CT molecular complexity index is 913. The Morgan fingerprint density at radius 2 is 1.57 bits per heavy atom. The number of carboxylic acids is 1. The maximum atomic E-state index is 13.2.